The van der Waals surface area contributed by atoms with Gasteiger partial charge in [0.2, 0.25) is 11.8 Å². The summed E-state index contributed by atoms with van der Waals surface area (Å²) in [4.78, 5) is 37.0. The molecule has 2 heterocycles. The van der Waals surface area contributed by atoms with E-state index < -0.39 is 11.9 Å². The number of imide groups is 1. The molecule has 1 aromatic heterocycles. The van der Waals surface area contributed by atoms with Crippen molar-refractivity contribution >= 4 is 28.7 Å². The van der Waals surface area contributed by atoms with E-state index in [0.29, 0.717) is 23.7 Å². The molecule has 1 aliphatic rings. The van der Waals surface area contributed by atoms with Crippen LogP contribution in [0.25, 0.3) is 10.9 Å². The Labute approximate surface area is 113 Å². The number of carboxylic acid groups (broad SMARTS) is 1. The monoisotopic (exact) mass is 272 g/mol. The Morgan fingerprint density at radius 2 is 2.10 bits per heavy atom. The maximum absolute atomic E-state index is 11.8. The van der Waals surface area contributed by atoms with Gasteiger partial charge in [-0.05, 0) is 24.1 Å². The number of carboxylic acids is 1. The number of H-pyrrole nitrogens is 1. The summed E-state index contributed by atoms with van der Waals surface area (Å²) in [6.45, 7) is 0. The second-order valence-electron chi connectivity index (χ2n) is 4.82. The van der Waals surface area contributed by atoms with E-state index in [1.165, 1.54) is 6.20 Å². The van der Waals surface area contributed by atoms with Gasteiger partial charge < -0.3 is 10.1 Å². The predicted molar refractivity (Wildman–Crippen MR) is 70.4 cm³/mol. The summed E-state index contributed by atoms with van der Waals surface area (Å²) >= 11 is 0. The normalized spacial score (nSPS) is 19.1. The van der Waals surface area contributed by atoms with Crippen LogP contribution in [0.2, 0.25) is 0 Å². The lowest BCUT2D eigenvalue weighted by atomic mass is 9.89. The van der Waals surface area contributed by atoms with Gasteiger partial charge in [-0.3, -0.25) is 14.9 Å². The minimum atomic E-state index is -1.02. The third-order valence-corrected chi connectivity index (χ3v) is 3.58. The average Bonchev–Trinajstić information content (AvgIpc) is 2.81. The van der Waals surface area contributed by atoms with Crippen molar-refractivity contribution in [3.63, 3.8) is 0 Å². The van der Waals surface area contributed by atoms with Crippen LogP contribution in [0, 0.1) is 0 Å². The lowest BCUT2D eigenvalue weighted by Crippen LogP contribution is -2.39. The van der Waals surface area contributed by atoms with E-state index in [9.17, 15) is 14.4 Å². The zero-order valence-electron chi connectivity index (χ0n) is 10.5. The number of hydrogen-bond donors (Lipinski definition) is 3. The highest BCUT2D eigenvalue weighted by atomic mass is 16.4. The Kier molecular flexibility index (Phi) is 2.78. The average molecular weight is 272 g/mol. The Morgan fingerprint density at radius 3 is 2.80 bits per heavy atom. The second kappa shape index (κ2) is 4.48. The van der Waals surface area contributed by atoms with Crippen molar-refractivity contribution in [2.24, 2.45) is 0 Å². The number of carbonyl (C=O) groups excluding carboxylic acids is 2. The van der Waals surface area contributed by atoms with Crippen LogP contribution in [-0.2, 0) is 9.59 Å². The Balaban J connectivity index is 2.04. The molecule has 3 N–H and O–H groups in total. The highest BCUT2D eigenvalue weighted by Crippen LogP contribution is 2.28. The molecule has 1 saturated heterocycles. The molecular formula is C14H12N2O4. The summed E-state index contributed by atoms with van der Waals surface area (Å²) in [7, 11) is 0. The van der Waals surface area contributed by atoms with Gasteiger partial charge in [-0.25, -0.2) is 4.79 Å². The van der Waals surface area contributed by atoms with Gasteiger partial charge in [0, 0.05) is 23.5 Å². The van der Waals surface area contributed by atoms with E-state index in [2.05, 4.69) is 10.3 Å². The summed E-state index contributed by atoms with van der Waals surface area (Å²) < 4.78 is 0. The molecule has 6 heteroatoms. The number of aromatic carboxylic acids is 1. The second-order valence-corrected chi connectivity index (χ2v) is 4.82. The molecule has 1 atom stereocenters. The molecule has 0 saturated carbocycles. The molecule has 1 aromatic carbocycles. The molecule has 102 valence electrons. The molecule has 2 aromatic rings. The minimum absolute atomic E-state index is 0.175. The number of amides is 2. The zero-order valence-corrected chi connectivity index (χ0v) is 10.5. The van der Waals surface area contributed by atoms with Crippen molar-refractivity contribution in [2.75, 3.05) is 0 Å². The highest BCUT2D eigenvalue weighted by Gasteiger charge is 2.28. The minimum Gasteiger partial charge on any atom is -0.478 e. The number of piperidine rings is 1. The van der Waals surface area contributed by atoms with Crippen LogP contribution in [0.4, 0.5) is 0 Å². The largest absolute Gasteiger partial charge is 0.478 e. The third kappa shape index (κ3) is 1.95. The zero-order chi connectivity index (χ0) is 14.3. The third-order valence-electron chi connectivity index (χ3n) is 3.58. The van der Waals surface area contributed by atoms with Crippen LogP contribution in [0.3, 0.4) is 0 Å². The number of rotatable bonds is 2. The first-order valence-corrected chi connectivity index (χ1v) is 6.24. The van der Waals surface area contributed by atoms with Crippen LogP contribution >= 0.6 is 0 Å². The number of fused-ring (bicyclic) bond motifs is 1. The standard InChI is InChI=1S/C14H12N2O4/c17-12-4-2-8(13(18)16-12)7-1-3-11-9(5-7)10(6-15-11)14(19)20/h1,3,5-6,8,15H,2,4H2,(H,19,20)(H,16,17,18). The molecule has 0 radical (unpaired) electrons. The fourth-order valence-electron chi connectivity index (χ4n) is 2.54. The summed E-state index contributed by atoms with van der Waals surface area (Å²) in [5.41, 5.74) is 1.61. The van der Waals surface area contributed by atoms with Crippen LogP contribution < -0.4 is 5.32 Å². The summed E-state index contributed by atoms with van der Waals surface area (Å²) in [5.74, 6) is -2.02. The van der Waals surface area contributed by atoms with Crippen LogP contribution in [0.1, 0.15) is 34.7 Å². The Morgan fingerprint density at radius 1 is 1.30 bits per heavy atom. The molecular weight excluding hydrogens is 260 g/mol. The van der Waals surface area contributed by atoms with Gasteiger partial charge in [-0.1, -0.05) is 6.07 Å². The van der Waals surface area contributed by atoms with Gasteiger partial charge in [-0.15, -0.1) is 0 Å². The van der Waals surface area contributed by atoms with Gasteiger partial charge in [0.25, 0.3) is 0 Å². The number of aromatic nitrogens is 1. The Bertz CT molecular complexity index is 732. The van der Waals surface area contributed by atoms with Crippen molar-refractivity contribution in [3.8, 4) is 0 Å². The number of nitrogens with one attached hydrogen (secondary N) is 2. The first-order valence-electron chi connectivity index (χ1n) is 6.24. The van der Waals surface area contributed by atoms with Crippen molar-refractivity contribution in [3.05, 3.63) is 35.5 Å². The van der Waals surface area contributed by atoms with Crippen molar-refractivity contribution in [1.29, 1.82) is 0 Å². The number of carbonyl (C=O) groups is 3. The molecule has 1 aliphatic heterocycles. The highest BCUT2D eigenvalue weighted by molar-refractivity contribution is 6.04. The summed E-state index contributed by atoms with van der Waals surface area (Å²) in [6, 6.07) is 5.24. The fourth-order valence-corrected chi connectivity index (χ4v) is 2.54. The van der Waals surface area contributed by atoms with Gasteiger partial charge in [0.05, 0.1) is 11.5 Å². The molecule has 0 bridgehead atoms. The van der Waals surface area contributed by atoms with Crippen LogP contribution in [0.15, 0.2) is 24.4 Å². The topological polar surface area (TPSA) is 99.3 Å². The smallest absolute Gasteiger partial charge is 0.337 e. The van der Waals surface area contributed by atoms with E-state index in [0.717, 1.165) is 5.56 Å². The summed E-state index contributed by atoms with van der Waals surface area (Å²) in [6.07, 6.45) is 2.18. The number of benzene rings is 1. The van der Waals surface area contributed by atoms with Gasteiger partial charge in [0.15, 0.2) is 0 Å². The summed E-state index contributed by atoms with van der Waals surface area (Å²) in [5, 5.41) is 12.0. The van der Waals surface area contributed by atoms with E-state index in [-0.39, 0.29) is 17.4 Å². The maximum atomic E-state index is 11.8. The lowest BCUT2D eigenvalue weighted by Gasteiger charge is -2.21. The first kappa shape index (κ1) is 12.4. The number of hydrogen-bond acceptors (Lipinski definition) is 3. The molecule has 2 amide bonds. The van der Waals surface area contributed by atoms with Gasteiger partial charge in [-0.2, -0.15) is 0 Å². The van der Waals surface area contributed by atoms with E-state index in [4.69, 9.17) is 5.11 Å². The molecule has 3 rings (SSSR count). The number of aromatic amines is 1. The van der Waals surface area contributed by atoms with Gasteiger partial charge in [0.1, 0.15) is 0 Å². The van der Waals surface area contributed by atoms with Crippen molar-refractivity contribution in [1.82, 2.24) is 10.3 Å². The molecule has 0 spiro atoms. The predicted octanol–water partition coefficient (Wildman–Crippen LogP) is 1.39. The molecule has 0 aliphatic carbocycles. The van der Waals surface area contributed by atoms with Crippen LogP contribution in [0.5, 0.6) is 0 Å². The first-order chi connectivity index (χ1) is 9.56. The van der Waals surface area contributed by atoms with Gasteiger partial charge >= 0.3 is 5.97 Å². The molecule has 1 unspecified atom stereocenters. The Hall–Kier alpha value is -2.63. The molecule has 20 heavy (non-hydrogen) atoms. The van der Waals surface area contributed by atoms with E-state index >= 15 is 0 Å². The lowest BCUT2D eigenvalue weighted by molar-refractivity contribution is -0.134. The van der Waals surface area contributed by atoms with Crippen molar-refractivity contribution < 1.29 is 19.5 Å². The maximum Gasteiger partial charge on any atom is 0.337 e. The molecule has 6 nitrogen and oxygen atoms in total. The SMILES string of the molecule is O=C1CCC(c2ccc3[nH]cc(C(=O)O)c3c2)C(=O)N1. The van der Waals surface area contributed by atoms with Crippen molar-refractivity contribution in [2.45, 2.75) is 18.8 Å². The van der Waals surface area contributed by atoms with E-state index in [1.807, 2.05) is 0 Å². The van der Waals surface area contributed by atoms with E-state index in [1.54, 1.807) is 18.2 Å². The van der Waals surface area contributed by atoms with Crippen LogP contribution in [-0.4, -0.2) is 27.9 Å². The fraction of sp³-hybridized carbons (Fsp3) is 0.214. The quantitative estimate of drug-likeness (QED) is 0.719. The molecule has 1 fully saturated rings.